The van der Waals surface area contributed by atoms with Crippen molar-refractivity contribution in [1.82, 2.24) is 4.98 Å². The van der Waals surface area contributed by atoms with Crippen molar-refractivity contribution in [2.24, 2.45) is 0 Å². The minimum absolute atomic E-state index is 0.0665. The number of phenols is 1. The summed E-state index contributed by atoms with van der Waals surface area (Å²) in [5.41, 5.74) is 2.63. The molecule has 0 saturated carbocycles. The average Bonchev–Trinajstić information content (AvgIpc) is 3.15. The number of hydrogen-bond donors (Lipinski definition) is 2. The minimum atomic E-state index is -4.55. The van der Waals surface area contributed by atoms with Crippen LogP contribution in [0.3, 0.4) is 0 Å². The fourth-order valence-corrected chi connectivity index (χ4v) is 5.80. The first kappa shape index (κ1) is 29.4. The van der Waals surface area contributed by atoms with Crippen LogP contribution in [0.15, 0.2) is 65.6 Å². The van der Waals surface area contributed by atoms with E-state index in [9.17, 15) is 27.7 Å². The molecule has 1 atom stereocenters. The van der Waals surface area contributed by atoms with Gasteiger partial charge in [-0.3, -0.25) is 14.1 Å². The van der Waals surface area contributed by atoms with Crippen molar-refractivity contribution in [2.45, 2.75) is 69.8 Å². The number of carbonyl (C=O) groups excluding carboxylic acids is 2. The number of hydrogen-bond acceptors (Lipinski definition) is 7. The van der Waals surface area contributed by atoms with Crippen molar-refractivity contribution in [3.63, 3.8) is 0 Å². The lowest BCUT2D eigenvalue weighted by Gasteiger charge is -2.28. The molecule has 4 aromatic rings. The number of benzene rings is 3. The molecule has 0 bridgehead atoms. The van der Waals surface area contributed by atoms with Gasteiger partial charge in [-0.15, -0.1) is 0 Å². The molecule has 1 aliphatic rings. The predicted molar refractivity (Wildman–Crippen MR) is 159 cm³/mol. The van der Waals surface area contributed by atoms with Crippen LogP contribution in [-0.2, 0) is 27.6 Å². The Bertz CT molecular complexity index is 1840. The van der Waals surface area contributed by atoms with E-state index in [0.29, 0.717) is 11.3 Å². The summed E-state index contributed by atoms with van der Waals surface area (Å²) in [6, 6.07) is 16.1. The molecule has 0 aliphatic heterocycles. The van der Waals surface area contributed by atoms with Gasteiger partial charge in [-0.05, 0) is 70.0 Å². The molecule has 0 spiro atoms. The van der Waals surface area contributed by atoms with Crippen molar-refractivity contribution >= 4 is 32.6 Å². The van der Waals surface area contributed by atoms with Gasteiger partial charge in [0, 0.05) is 16.5 Å². The van der Waals surface area contributed by atoms with E-state index in [1.165, 1.54) is 6.07 Å². The van der Waals surface area contributed by atoms with E-state index in [1.807, 2.05) is 65.8 Å². The summed E-state index contributed by atoms with van der Waals surface area (Å²) in [5.74, 6) is -1.57. The van der Waals surface area contributed by atoms with Crippen LogP contribution in [-0.4, -0.2) is 34.6 Å². The molecule has 0 radical (unpaired) electrons. The van der Waals surface area contributed by atoms with Gasteiger partial charge in [-0.25, -0.2) is 4.98 Å². The lowest BCUT2D eigenvalue weighted by Crippen LogP contribution is -2.18. The first-order valence-corrected chi connectivity index (χ1v) is 15.0. The highest BCUT2D eigenvalue weighted by molar-refractivity contribution is 7.85. The first-order chi connectivity index (χ1) is 19.5. The maximum atomic E-state index is 13.3. The Morgan fingerprint density at radius 2 is 1.45 bits per heavy atom. The van der Waals surface area contributed by atoms with E-state index in [-0.39, 0.29) is 40.0 Å². The van der Waals surface area contributed by atoms with Crippen molar-refractivity contribution in [3.8, 4) is 11.5 Å². The zero-order valence-electron chi connectivity index (χ0n) is 24.3. The molecule has 0 amide bonds. The summed E-state index contributed by atoms with van der Waals surface area (Å²) < 4.78 is 38.8. The molecule has 1 unspecified atom stereocenters. The van der Waals surface area contributed by atoms with Gasteiger partial charge in [0.25, 0.3) is 10.1 Å². The second kappa shape index (κ2) is 10.0. The molecule has 0 fully saturated rings. The molecular formula is C33H33NO7S. The molecular weight excluding hydrogens is 554 g/mol. The van der Waals surface area contributed by atoms with Crippen LogP contribution in [0.25, 0.3) is 10.9 Å². The zero-order chi connectivity index (χ0) is 30.8. The second-order valence-electron chi connectivity index (χ2n) is 12.7. The van der Waals surface area contributed by atoms with Gasteiger partial charge < -0.3 is 9.84 Å². The van der Waals surface area contributed by atoms with E-state index < -0.39 is 32.5 Å². The van der Waals surface area contributed by atoms with Crippen molar-refractivity contribution < 1.29 is 32.4 Å². The number of pyridine rings is 1. The molecule has 42 heavy (non-hydrogen) atoms. The number of Topliss-reactive ketones (excluding diaryl/α,β-unsaturated/α-hetero) is 2. The van der Waals surface area contributed by atoms with E-state index in [1.54, 1.807) is 18.2 Å². The largest absolute Gasteiger partial charge is 0.507 e. The number of phenolic OH excluding ortho intramolecular Hbond substituents is 1. The lowest BCUT2D eigenvalue weighted by atomic mass is 9.78. The number of rotatable bonds is 5. The van der Waals surface area contributed by atoms with Crippen molar-refractivity contribution in [1.29, 1.82) is 0 Å². The Kier molecular flexibility index (Phi) is 7.02. The smallest absolute Gasteiger partial charge is 0.294 e. The number of ketones is 2. The first-order valence-electron chi connectivity index (χ1n) is 13.6. The lowest BCUT2D eigenvalue weighted by molar-refractivity contribution is 0.0888. The molecule has 1 aromatic heterocycles. The van der Waals surface area contributed by atoms with E-state index >= 15 is 0 Å². The van der Waals surface area contributed by atoms with Crippen molar-refractivity contribution in [3.05, 3.63) is 94.2 Å². The maximum absolute atomic E-state index is 13.3. The van der Waals surface area contributed by atoms with Crippen LogP contribution < -0.4 is 4.74 Å². The molecule has 0 saturated heterocycles. The highest BCUT2D eigenvalue weighted by Crippen LogP contribution is 2.40. The third kappa shape index (κ3) is 5.30. The van der Waals surface area contributed by atoms with Gasteiger partial charge in [0.15, 0.2) is 11.6 Å². The fourth-order valence-electron chi connectivity index (χ4n) is 5.30. The summed E-state index contributed by atoms with van der Waals surface area (Å²) in [6.45, 7) is 12.5. The predicted octanol–water partition coefficient (Wildman–Crippen LogP) is 6.52. The topological polar surface area (TPSA) is 131 Å². The number of para-hydroxylation sites is 1. The second-order valence-corrected chi connectivity index (χ2v) is 14.2. The molecule has 1 heterocycles. The Morgan fingerprint density at radius 3 is 2.05 bits per heavy atom. The standard InChI is InChI=1S/C33H33NO7S/c1-32(2,3)23-14-18(15-24(31(23)37)33(4,5)6)17-41-26-9-7-8-19-10-13-25(34-28(19)26)27-29(35)21-12-11-20(42(38,39)40)16-22(21)30(27)36/h7-16,27,37H,17H2,1-6H3,(H,38,39,40). The Labute approximate surface area is 245 Å². The van der Waals surface area contributed by atoms with Gasteiger partial charge in [0.2, 0.25) is 0 Å². The van der Waals surface area contributed by atoms with Crippen LogP contribution in [0.5, 0.6) is 11.5 Å². The van der Waals surface area contributed by atoms with Gasteiger partial charge in [0.05, 0.1) is 10.6 Å². The number of carbonyl (C=O) groups is 2. The van der Waals surface area contributed by atoms with Crippen LogP contribution >= 0.6 is 0 Å². The minimum Gasteiger partial charge on any atom is -0.507 e. The summed E-state index contributed by atoms with van der Waals surface area (Å²) >= 11 is 0. The number of aromatic nitrogens is 1. The molecule has 9 heteroatoms. The summed E-state index contributed by atoms with van der Waals surface area (Å²) in [7, 11) is -4.55. The van der Waals surface area contributed by atoms with Crippen LogP contribution in [0.1, 0.15) is 90.6 Å². The van der Waals surface area contributed by atoms with E-state index in [4.69, 9.17) is 4.74 Å². The number of ether oxygens (including phenoxy) is 1. The molecule has 5 rings (SSSR count). The maximum Gasteiger partial charge on any atom is 0.294 e. The Morgan fingerprint density at radius 1 is 0.833 bits per heavy atom. The monoisotopic (exact) mass is 587 g/mol. The molecule has 3 aromatic carbocycles. The Balaban J connectivity index is 1.51. The number of nitrogens with zero attached hydrogens (tertiary/aromatic N) is 1. The highest BCUT2D eigenvalue weighted by atomic mass is 32.2. The third-order valence-corrected chi connectivity index (χ3v) is 8.37. The van der Waals surface area contributed by atoms with Crippen LogP contribution in [0.4, 0.5) is 0 Å². The summed E-state index contributed by atoms with van der Waals surface area (Å²) in [5, 5.41) is 11.8. The normalized spacial score (nSPS) is 15.7. The quantitative estimate of drug-likeness (QED) is 0.199. The fraction of sp³-hybridized carbons (Fsp3) is 0.303. The van der Waals surface area contributed by atoms with Gasteiger partial charge >= 0.3 is 0 Å². The van der Waals surface area contributed by atoms with Gasteiger partial charge in [-0.1, -0.05) is 59.7 Å². The van der Waals surface area contributed by atoms with Crippen LogP contribution in [0, 0.1) is 0 Å². The molecule has 2 N–H and O–H groups in total. The van der Waals surface area contributed by atoms with Crippen LogP contribution in [0.2, 0.25) is 0 Å². The van der Waals surface area contributed by atoms with Gasteiger partial charge in [-0.2, -0.15) is 8.42 Å². The molecule has 8 nitrogen and oxygen atoms in total. The SMILES string of the molecule is CC(C)(C)c1cc(COc2cccc3ccc(C4C(=O)c5ccc(S(=O)(=O)O)cc5C4=O)nc23)cc(C(C)(C)C)c1O. The van der Waals surface area contributed by atoms with E-state index in [2.05, 4.69) is 4.98 Å². The van der Waals surface area contributed by atoms with E-state index in [0.717, 1.165) is 34.2 Å². The number of fused-ring (bicyclic) bond motifs is 2. The van der Waals surface area contributed by atoms with Crippen molar-refractivity contribution in [2.75, 3.05) is 0 Å². The zero-order valence-corrected chi connectivity index (χ0v) is 25.2. The summed E-state index contributed by atoms with van der Waals surface area (Å²) in [4.78, 5) is 30.7. The molecule has 218 valence electrons. The third-order valence-electron chi connectivity index (χ3n) is 7.52. The molecule has 1 aliphatic carbocycles. The highest BCUT2D eigenvalue weighted by Gasteiger charge is 2.41. The van der Waals surface area contributed by atoms with Gasteiger partial charge in [0.1, 0.15) is 29.5 Å². The Hall–Kier alpha value is -4.08. The average molecular weight is 588 g/mol. The number of aromatic hydroxyl groups is 1. The summed E-state index contributed by atoms with van der Waals surface area (Å²) in [6.07, 6.45) is 0.